The van der Waals surface area contributed by atoms with Crippen LogP contribution in [-0.2, 0) is 23.9 Å². The molecule has 2 atom stereocenters. The predicted molar refractivity (Wildman–Crippen MR) is 122 cm³/mol. The largest absolute Gasteiger partial charge is 0.480 e. The van der Waals surface area contributed by atoms with Gasteiger partial charge in [-0.15, -0.1) is 0 Å². The Kier molecular flexibility index (Phi) is 13.3. The summed E-state index contributed by atoms with van der Waals surface area (Å²) in [6, 6.07) is -2.54. The molecule has 15 heteroatoms. The lowest BCUT2D eigenvalue weighted by Crippen LogP contribution is -2.51. The molecule has 0 aliphatic carbocycles. The first-order valence-corrected chi connectivity index (χ1v) is 11.1. The molecule has 14 nitrogen and oxygen atoms in total. The number of carboxylic acids is 1. The van der Waals surface area contributed by atoms with Crippen LogP contribution >= 0.6 is 11.9 Å². The van der Waals surface area contributed by atoms with Crippen molar-refractivity contribution >= 4 is 47.7 Å². The van der Waals surface area contributed by atoms with Gasteiger partial charge in [0.1, 0.15) is 17.7 Å². The highest BCUT2D eigenvalue weighted by Crippen LogP contribution is 2.08. The van der Waals surface area contributed by atoms with Gasteiger partial charge in [0.05, 0.1) is 13.0 Å². The number of hydrogen-bond acceptors (Lipinski definition) is 8. The molecule has 0 aliphatic rings. The van der Waals surface area contributed by atoms with Gasteiger partial charge in [0.2, 0.25) is 17.7 Å². The van der Waals surface area contributed by atoms with E-state index in [9.17, 15) is 29.1 Å². The van der Waals surface area contributed by atoms with Gasteiger partial charge in [-0.3, -0.25) is 19.4 Å². The Hall–Kier alpha value is -3.23. The van der Waals surface area contributed by atoms with Gasteiger partial charge in [-0.2, -0.15) is 0 Å². The van der Waals surface area contributed by atoms with Gasteiger partial charge in [-0.25, -0.2) is 9.59 Å². The van der Waals surface area contributed by atoms with E-state index in [0.717, 1.165) is 11.9 Å². The van der Waals surface area contributed by atoms with Gasteiger partial charge in [0.25, 0.3) is 0 Å². The van der Waals surface area contributed by atoms with Crippen LogP contribution in [0.1, 0.15) is 40.0 Å². The minimum atomic E-state index is -1.48. The van der Waals surface area contributed by atoms with Gasteiger partial charge in [0.15, 0.2) is 5.96 Å². The summed E-state index contributed by atoms with van der Waals surface area (Å²) in [5.74, 6) is -3.64. The van der Waals surface area contributed by atoms with Crippen LogP contribution in [-0.4, -0.2) is 77.9 Å². The number of aliphatic carboxylic acids is 1. The third kappa shape index (κ3) is 15.2. The maximum atomic E-state index is 12.5. The highest BCUT2D eigenvalue weighted by Gasteiger charge is 2.26. The number of carbonyl (C=O) groups is 5. The van der Waals surface area contributed by atoms with E-state index in [2.05, 4.69) is 25.7 Å². The summed E-state index contributed by atoms with van der Waals surface area (Å²) >= 11 is 0.988. The van der Waals surface area contributed by atoms with Crippen LogP contribution < -0.4 is 32.1 Å². The van der Waals surface area contributed by atoms with Gasteiger partial charge < -0.3 is 42.0 Å². The number of nitrogens with zero attached hydrogens (tertiary/aromatic N) is 1. The second-order valence-electron chi connectivity index (χ2n) is 7.76. The quantitative estimate of drug-likeness (QED) is 0.0675. The molecule has 0 fully saturated rings. The fourth-order valence-corrected chi connectivity index (χ4v) is 2.61. The molecule has 0 spiro atoms. The monoisotopic (exact) mass is 491 g/mol. The number of aliphatic imine (C=N–C) groups is 1. The van der Waals surface area contributed by atoms with E-state index in [1.165, 1.54) is 0 Å². The average molecular weight is 492 g/mol. The average Bonchev–Trinajstić information content (AvgIpc) is 2.66. The van der Waals surface area contributed by atoms with Gasteiger partial charge in [-0.1, -0.05) is 11.9 Å². The Morgan fingerprint density at radius 3 is 2.21 bits per heavy atom. The molecule has 0 aromatic rings. The molecule has 0 bridgehead atoms. The van der Waals surface area contributed by atoms with E-state index >= 15 is 0 Å². The second kappa shape index (κ2) is 14.8. The number of nitrogens with two attached hydrogens (primary N) is 2. The molecule has 0 saturated carbocycles. The minimum absolute atomic E-state index is 0.119. The molecule has 0 heterocycles. The first-order chi connectivity index (χ1) is 15.2. The van der Waals surface area contributed by atoms with Crippen LogP contribution in [0.25, 0.3) is 0 Å². The lowest BCUT2D eigenvalue weighted by atomic mass is 10.1. The first-order valence-electron chi connectivity index (χ1n) is 9.91. The van der Waals surface area contributed by atoms with Crippen LogP contribution in [0.4, 0.5) is 4.79 Å². The zero-order valence-electron chi connectivity index (χ0n) is 19.1. The summed E-state index contributed by atoms with van der Waals surface area (Å²) < 4.78 is 7.49. The summed E-state index contributed by atoms with van der Waals surface area (Å²) in [6.45, 7) is 4.60. The zero-order valence-corrected chi connectivity index (χ0v) is 19.9. The van der Waals surface area contributed by atoms with Gasteiger partial charge in [-0.05, 0) is 33.6 Å². The van der Waals surface area contributed by atoms with E-state index in [4.69, 9.17) is 16.2 Å². The molecule has 188 valence electrons. The molecular formula is C18H33N7O7S. The van der Waals surface area contributed by atoms with Crippen molar-refractivity contribution in [1.82, 2.24) is 20.7 Å². The summed E-state index contributed by atoms with van der Waals surface area (Å²) in [4.78, 5) is 63.3. The Labute approximate surface area is 196 Å². The van der Waals surface area contributed by atoms with Crippen LogP contribution in [0.2, 0.25) is 0 Å². The van der Waals surface area contributed by atoms with Gasteiger partial charge in [0, 0.05) is 12.8 Å². The molecule has 0 radical (unpaired) electrons. The van der Waals surface area contributed by atoms with Crippen LogP contribution in [0.3, 0.4) is 0 Å². The minimum Gasteiger partial charge on any atom is -0.480 e. The number of amides is 4. The van der Waals surface area contributed by atoms with Crippen molar-refractivity contribution < 1.29 is 33.8 Å². The van der Waals surface area contributed by atoms with E-state index < -0.39 is 60.4 Å². The van der Waals surface area contributed by atoms with E-state index in [0.29, 0.717) is 6.42 Å². The molecule has 0 saturated heterocycles. The van der Waals surface area contributed by atoms with Crippen molar-refractivity contribution in [1.29, 1.82) is 0 Å². The smallest absolute Gasteiger partial charge is 0.408 e. The van der Waals surface area contributed by atoms with Crippen molar-refractivity contribution in [3.05, 3.63) is 0 Å². The first kappa shape index (κ1) is 29.8. The molecular weight excluding hydrogens is 458 g/mol. The fraction of sp³-hybridized carbons (Fsp3) is 0.667. The van der Waals surface area contributed by atoms with Crippen LogP contribution in [0.15, 0.2) is 4.99 Å². The number of ether oxygens (including phenoxy) is 1. The third-order valence-corrected chi connectivity index (χ3v) is 4.05. The topological polar surface area (TPSA) is 227 Å². The second-order valence-corrected chi connectivity index (χ2v) is 8.37. The number of guanidine groups is 1. The van der Waals surface area contributed by atoms with E-state index in [1.807, 2.05) is 0 Å². The number of carboxylic acid groups (broad SMARTS) is 1. The predicted octanol–water partition coefficient (Wildman–Crippen LogP) is -1.60. The number of hydrogen-bond donors (Lipinski definition) is 7. The SMILES string of the molecule is CSNC(=O)CC(NC(=O)CNC(=O)C(CCCN=C(N)N)NC(=O)OC(C)(C)C)C(=O)O. The highest BCUT2D eigenvalue weighted by molar-refractivity contribution is 7.97. The van der Waals surface area contributed by atoms with Crippen molar-refractivity contribution in [2.24, 2.45) is 16.5 Å². The Bertz CT molecular complexity index is 736. The van der Waals surface area contributed by atoms with Crippen molar-refractivity contribution in [3.63, 3.8) is 0 Å². The summed E-state index contributed by atoms with van der Waals surface area (Å²) in [7, 11) is 0. The van der Waals surface area contributed by atoms with Crippen molar-refractivity contribution in [3.8, 4) is 0 Å². The maximum Gasteiger partial charge on any atom is 0.408 e. The van der Waals surface area contributed by atoms with E-state index in [-0.39, 0.29) is 18.9 Å². The third-order valence-electron chi connectivity index (χ3n) is 3.61. The molecule has 0 aromatic heterocycles. The number of nitrogens with one attached hydrogen (secondary N) is 4. The number of carbonyl (C=O) groups excluding carboxylic acids is 4. The Morgan fingerprint density at radius 2 is 1.70 bits per heavy atom. The highest BCUT2D eigenvalue weighted by atomic mass is 32.2. The van der Waals surface area contributed by atoms with E-state index in [1.54, 1.807) is 27.0 Å². The Balaban J connectivity index is 4.96. The zero-order chi connectivity index (χ0) is 25.6. The lowest BCUT2D eigenvalue weighted by Gasteiger charge is -2.23. The maximum absolute atomic E-state index is 12.5. The summed E-state index contributed by atoms with van der Waals surface area (Å²) in [5, 5.41) is 16.1. The van der Waals surface area contributed by atoms with Crippen LogP contribution in [0.5, 0.6) is 0 Å². The summed E-state index contributed by atoms with van der Waals surface area (Å²) in [6.07, 6.45) is 0.740. The molecule has 2 unspecified atom stereocenters. The molecule has 0 aromatic carbocycles. The fourth-order valence-electron chi connectivity index (χ4n) is 2.30. The normalized spacial score (nSPS) is 12.5. The molecule has 9 N–H and O–H groups in total. The number of alkyl carbamates (subject to hydrolysis) is 1. The van der Waals surface area contributed by atoms with Gasteiger partial charge >= 0.3 is 12.1 Å². The van der Waals surface area contributed by atoms with Crippen LogP contribution in [0, 0.1) is 0 Å². The van der Waals surface area contributed by atoms with Crippen molar-refractivity contribution in [2.75, 3.05) is 19.3 Å². The standard InChI is InChI=1S/C18H33N7O7S/c1-18(2,3)32-17(31)24-10(6-5-7-21-16(19)20)14(28)22-9-13(27)23-11(15(29)30)8-12(26)25-33-4/h10-11H,5-9H2,1-4H3,(H,22,28)(H,23,27)(H,24,31)(H,25,26)(H,29,30)(H4,19,20,21). The molecule has 33 heavy (non-hydrogen) atoms. The lowest BCUT2D eigenvalue weighted by molar-refractivity contribution is -0.143. The Morgan fingerprint density at radius 1 is 1.06 bits per heavy atom. The summed E-state index contributed by atoms with van der Waals surface area (Å²) in [5.41, 5.74) is 9.71. The molecule has 0 aliphatic heterocycles. The number of rotatable bonds is 13. The van der Waals surface area contributed by atoms with Crippen molar-refractivity contribution in [2.45, 2.75) is 57.7 Å². The molecule has 0 rings (SSSR count). The molecule has 4 amide bonds.